The highest BCUT2D eigenvalue weighted by Gasteiger charge is 2.24. The Kier molecular flexibility index (Phi) is 3.89. The molecule has 1 fully saturated rings. The lowest BCUT2D eigenvalue weighted by atomic mass is 10.1. The summed E-state index contributed by atoms with van der Waals surface area (Å²) in [5.41, 5.74) is 1.37. The van der Waals surface area contributed by atoms with Gasteiger partial charge >= 0.3 is 0 Å². The summed E-state index contributed by atoms with van der Waals surface area (Å²) in [4.78, 5) is 14.1. The van der Waals surface area contributed by atoms with Crippen molar-refractivity contribution in [3.8, 4) is 5.69 Å². The maximum Gasteiger partial charge on any atom is 0.254 e. The Hall–Kier alpha value is -2.32. The van der Waals surface area contributed by atoms with Crippen LogP contribution < -0.4 is 0 Å². The number of nitrogens with zero attached hydrogens (tertiary/aromatic N) is 5. The minimum absolute atomic E-state index is 0.0694. The van der Waals surface area contributed by atoms with Gasteiger partial charge in [0.15, 0.2) is 0 Å². The second-order valence-electron chi connectivity index (χ2n) is 4.73. The SMILES string of the molecule is O=C(c1ccc(-n2cnnn2)cc1)N1CCOC(CO)C1. The zero-order chi connectivity index (χ0) is 14.7. The molecule has 0 radical (unpaired) electrons. The predicted octanol–water partition coefficient (Wildman–Crippen LogP) is -0.504. The standard InChI is InChI=1S/C13H15N5O3/c19-8-12-7-17(5-6-21-12)13(20)10-1-3-11(4-2-10)18-9-14-15-16-18/h1-4,9,12,19H,5-8H2. The predicted molar refractivity (Wildman–Crippen MR) is 71.9 cm³/mol. The first-order chi connectivity index (χ1) is 10.3. The van der Waals surface area contributed by atoms with Crippen molar-refractivity contribution in [1.29, 1.82) is 0 Å². The van der Waals surface area contributed by atoms with E-state index in [1.54, 1.807) is 29.2 Å². The van der Waals surface area contributed by atoms with Crippen LogP contribution in [0.3, 0.4) is 0 Å². The van der Waals surface area contributed by atoms with Gasteiger partial charge in [0, 0.05) is 18.7 Å². The summed E-state index contributed by atoms with van der Waals surface area (Å²) in [6.45, 7) is 1.30. The Morgan fingerprint density at radius 3 is 2.86 bits per heavy atom. The number of morpholine rings is 1. The van der Waals surface area contributed by atoms with Gasteiger partial charge in [0.05, 0.1) is 25.0 Å². The molecule has 2 heterocycles. The summed E-state index contributed by atoms with van der Waals surface area (Å²) in [5.74, 6) is -0.0694. The minimum Gasteiger partial charge on any atom is -0.394 e. The molecule has 1 N–H and O–H groups in total. The molecule has 0 spiro atoms. The maximum atomic E-state index is 12.4. The first kappa shape index (κ1) is 13.7. The van der Waals surface area contributed by atoms with E-state index in [9.17, 15) is 4.79 Å². The van der Waals surface area contributed by atoms with Gasteiger partial charge in [-0.25, -0.2) is 4.68 Å². The van der Waals surface area contributed by atoms with Gasteiger partial charge in [0.2, 0.25) is 0 Å². The highest BCUT2D eigenvalue weighted by molar-refractivity contribution is 5.94. The van der Waals surface area contributed by atoms with E-state index in [1.165, 1.54) is 11.0 Å². The number of aliphatic hydroxyl groups is 1. The van der Waals surface area contributed by atoms with Crippen molar-refractivity contribution < 1.29 is 14.6 Å². The second kappa shape index (κ2) is 5.98. The third kappa shape index (κ3) is 2.91. The van der Waals surface area contributed by atoms with E-state index < -0.39 is 0 Å². The second-order valence-corrected chi connectivity index (χ2v) is 4.73. The van der Waals surface area contributed by atoms with E-state index in [1.807, 2.05) is 0 Å². The number of carbonyl (C=O) groups excluding carboxylic acids is 1. The van der Waals surface area contributed by atoms with Crippen molar-refractivity contribution in [3.63, 3.8) is 0 Å². The van der Waals surface area contributed by atoms with Gasteiger partial charge < -0.3 is 14.7 Å². The van der Waals surface area contributed by atoms with Gasteiger partial charge in [-0.3, -0.25) is 4.79 Å². The van der Waals surface area contributed by atoms with E-state index in [-0.39, 0.29) is 18.6 Å². The number of aliphatic hydroxyl groups excluding tert-OH is 1. The largest absolute Gasteiger partial charge is 0.394 e. The topological polar surface area (TPSA) is 93.4 Å². The molecule has 1 saturated heterocycles. The van der Waals surface area contributed by atoms with E-state index in [4.69, 9.17) is 9.84 Å². The number of rotatable bonds is 3. The molecule has 2 aromatic rings. The lowest BCUT2D eigenvalue weighted by Gasteiger charge is -2.32. The molecule has 8 heteroatoms. The molecule has 3 rings (SSSR count). The van der Waals surface area contributed by atoms with Gasteiger partial charge in [-0.15, -0.1) is 5.10 Å². The molecule has 0 saturated carbocycles. The quantitative estimate of drug-likeness (QED) is 0.818. The smallest absolute Gasteiger partial charge is 0.254 e. The highest BCUT2D eigenvalue weighted by Crippen LogP contribution is 2.13. The number of amides is 1. The maximum absolute atomic E-state index is 12.4. The Bertz CT molecular complexity index is 599. The molecule has 1 aromatic heterocycles. The fourth-order valence-corrected chi connectivity index (χ4v) is 2.23. The molecular weight excluding hydrogens is 274 g/mol. The summed E-state index contributed by atoms with van der Waals surface area (Å²) in [7, 11) is 0. The number of aromatic nitrogens is 4. The Morgan fingerprint density at radius 2 is 2.19 bits per heavy atom. The summed E-state index contributed by atoms with van der Waals surface area (Å²) < 4.78 is 6.86. The number of hydrogen-bond donors (Lipinski definition) is 1. The zero-order valence-corrected chi connectivity index (χ0v) is 11.3. The molecule has 0 aliphatic carbocycles. The normalized spacial score (nSPS) is 18.7. The molecule has 1 atom stereocenters. The Morgan fingerprint density at radius 1 is 1.38 bits per heavy atom. The summed E-state index contributed by atoms with van der Waals surface area (Å²) >= 11 is 0. The molecule has 1 aliphatic heterocycles. The molecule has 8 nitrogen and oxygen atoms in total. The van der Waals surface area contributed by atoms with Gasteiger partial charge in [-0.2, -0.15) is 0 Å². The van der Waals surface area contributed by atoms with Crippen molar-refractivity contribution in [2.24, 2.45) is 0 Å². The molecule has 21 heavy (non-hydrogen) atoms. The van der Waals surface area contributed by atoms with Crippen LogP contribution in [0.15, 0.2) is 30.6 Å². The minimum atomic E-state index is -0.303. The van der Waals surface area contributed by atoms with Gasteiger partial charge in [-0.05, 0) is 34.7 Å². The molecule has 1 unspecified atom stereocenters. The molecule has 1 amide bonds. The van der Waals surface area contributed by atoms with Crippen molar-refractivity contribution in [3.05, 3.63) is 36.2 Å². The van der Waals surface area contributed by atoms with E-state index in [2.05, 4.69) is 15.5 Å². The Balaban J connectivity index is 1.73. The third-order valence-electron chi connectivity index (χ3n) is 3.36. The first-order valence-electron chi connectivity index (χ1n) is 6.63. The average Bonchev–Trinajstić information content (AvgIpc) is 3.09. The Labute approximate surface area is 120 Å². The van der Waals surface area contributed by atoms with Crippen LogP contribution in [0.2, 0.25) is 0 Å². The van der Waals surface area contributed by atoms with Crippen LogP contribution in [0.1, 0.15) is 10.4 Å². The number of carbonyl (C=O) groups is 1. The van der Waals surface area contributed by atoms with E-state index >= 15 is 0 Å². The summed E-state index contributed by atoms with van der Waals surface area (Å²) in [6, 6.07) is 7.05. The van der Waals surface area contributed by atoms with Crippen molar-refractivity contribution in [1.82, 2.24) is 25.1 Å². The molecular formula is C13H15N5O3. The number of hydrogen-bond acceptors (Lipinski definition) is 6. The highest BCUT2D eigenvalue weighted by atomic mass is 16.5. The van der Waals surface area contributed by atoms with Crippen LogP contribution in [-0.4, -0.2) is 68.5 Å². The van der Waals surface area contributed by atoms with Crippen LogP contribution in [0.5, 0.6) is 0 Å². The van der Waals surface area contributed by atoms with Crippen LogP contribution in [0, 0.1) is 0 Å². The van der Waals surface area contributed by atoms with Crippen molar-refractivity contribution >= 4 is 5.91 Å². The lowest BCUT2D eigenvalue weighted by molar-refractivity contribution is -0.0447. The van der Waals surface area contributed by atoms with Crippen LogP contribution in [-0.2, 0) is 4.74 Å². The first-order valence-corrected chi connectivity index (χ1v) is 6.63. The summed E-state index contributed by atoms with van der Waals surface area (Å²) in [6.07, 6.45) is 1.19. The average molecular weight is 289 g/mol. The van der Waals surface area contributed by atoms with Gasteiger partial charge in [0.1, 0.15) is 6.33 Å². The molecule has 1 aliphatic rings. The molecule has 0 bridgehead atoms. The molecule has 1 aromatic carbocycles. The van der Waals surface area contributed by atoms with Crippen LogP contribution >= 0.6 is 0 Å². The summed E-state index contributed by atoms with van der Waals surface area (Å²) in [5, 5.41) is 20.0. The van der Waals surface area contributed by atoms with Crippen LogP contribution in [0.4, 0.5) is 0 Å². The third-order valence-corrected chi connectivity index (χ3v) is 3.36. The van der Waals surface area contributed by atoms with Crippen molar-refractivity contribution in [2.45, 2.75) is 6.10 Å². The zero-order valence-electron chi connectivity index (χ0n) is 11.3. The van der Waals surface area contributed by atoms with Gasteiger partial charge in [-0.1, -0.05) is 0 Å². The number of benzene rings is 1. The molecule has 110 valence electrons. The fourth-order valence-electron chi connectivity index (χ4n) is 2.23. The monoisotopic (exact) mass is 289 g/mol. The van der Waals surface area contributed by atoms with Crippen molar-refractivity contribution in [2.75, 3.05) is 26.3 Å². The number of ether oxygens (including phenoxy) is 1. The van der Waals surface area contributed by atoms with E-state index in [0.717, 1.165) is 5.69 Å². The van der Waals surface area contributed by atoms with Gasteiger partial charge in [0.25, 0.3) is 5.91 Å². The number of tetrazole rings is 1. The van der Waals surface area contributed by atoms with E-state index in [0.29, 0.717) is 25.3 Å². The lowest BCUT2D eigenvalue weighted by Crippen LogP contribution is -2.46. The van der Waals surface area contributed by atoms with Crippen LogP contribution in [0.25, 0.3) is 5.69 Å². The fraction of sp³-hybridized carbons (Fsp3) is 0.385.